The van der Waals surface area contributed by atoms with E-state index in [1.165, 1.54) is 0 Å². The van der Waals surface area contributed by atoms with Crippen molar-refractivity contribution in [1.82, 2.24) is 10.2 Å². The highest BCUT2D eigenvalue weighted by atomic mass is 16.3. The number of aliphatic hydroxyl groups is 1. The molecule has 1 atom stereocenters. The van der Waals surface area contributed by atoms with Crippen LogP contribution in [-0.2, 0) is 9.59 Å². The summed E-state index contributed by atoms with van der Waals surface area (Å²) in [4.78, 5) is 26.1. The van der Waals surface area contributed by atoms with Crippen molar-refractivity contribution in [1.29, 1.82) is 0 Å². The molecule has 1 rings (SSSR count). The van der Waals surface area contributed by atoms with Crippen LogP contribution in [0, 0.1) is 17.8 Å². The zero-order chi connectivity index (χ0) is 15.8. The molecule has 21 heavy (non-hydrogen) atoms. The molecule has 6 nitrogen and oxygen atoms in total. The Kier molecular flexibility index (Phi) is 7.67. The van der Waals surface area contributed by atoms with Crippen LogP contribution < -0.4 is 11.1 Å². The van der Waals surface area contributed by atoms with E-state index >= 15 is 0 Å². The van der Waals surface area contributed by atoms with E-state index in [9.17, 15) is 9.59 Å². The minimum absolute atomic E-state index is 0.0249. The molecule has 6 heteroatoms. The van der Waals surface area contributed by atoms with Gasteiger partial charge in [-0.3, -0.25) is 9.59 Å². The van der Waals surface area contributed by atoms with Crippen molar-refractivity contribution >= 4 is 11.8 Å². The molecule has 0 radical (unpaired) electrons. The standard InChI is InChI=1S/C15H29N3O3/c1-11(2)13(10-16)15(21)18-7-4-12(5-8-18)14(20)17-6-3-9-19/h11-13,19H,3-10,16H2,1-2H3,(H,17,20). The third-order valence-electron chi connectivity index (χ3n) is 4.19. The number of nitrogens with one attached hydrogen (secondary N) is 1. The Balaban J connectivity index is 2.41. The van der Waals surface area contributed by atoms with Gasteiger partial charge in [-0.25, -0.2) is 0 Å². The summed E-state index contributed by atoms with van der Waals surface area (Å²) in [6.07, 6.45) is 1.98. The SMILES string of the molecule is CC(C)C(CN)C(=O)N1CCC(C(=O)NCCCO)CC1. The molecule has 0 spiro atoms. The van der Waals surface area contributed by atoms with Gasteiger partial charge >= 0.3 is 0 Å². The van der Waals surface area contributed by atoms with Gasteiger partial charge in [-0.2, -0.15) is 0 Å². The maximum absolute atomic E-state index is 12.4. The lowest BCUT2D eigenvalue weighted by Gasteiger charge is -2.34. The van der Waals surface area contributed by atoms with E-state index in [0.29, 0.717) is 45.4 Å². The molecule has 0 aromatic heterocycles. The maximum atomic E-state index is 12.4. The molecular weight excluding hydrogens is 270 g/mol. The highest BCUT2D eigenvalue weighted by Gasteiger charge is 2.31. The Morgan fingerprint density at radius 1 is 1.33 bits per heavy atom. The minimum Gasteiger partial charge on any atom is -0.396 e. The molecular formula is C15H29N3O3. The van der Waals surface area contributed by atoms with Crippen molar-refractivity contribution in [2.45, 2.75) is 33.1 Å². The van der Waals surface area contributed by atoms with Crippen LogP contribution in [0.25, 0.3) is 0 Å². The minimum atomic E-state index is -0.125. The number of carbonyl (C=O) groups is 2. The van der Waals surface area contributed by atoms with Crippen LogP contribution in [0.1, 0.15) is 33.1 Å². The molecule has 122 valence electrons. The topological polar surface area (TPSA) is 95.7 Å². The van der Waals surface area contributed by atoms with Crippen LogP contribution in [0.15, 0.2) is 0 Å². The summed E-state index contributed by atoms with van der Waals surface area (Å²) in [5, 5.41) is 11.5. The lowest BCUT2D eigenvalue weighted by molar-refractivity contribution is -0.140. The molecule has 1 saturated heterocycles. The Hall–Kier alpha value is -1.14. The number of likely N-dealkylation sites (tertiary alicyclic amines) is 1. The van der Waals surface area contributed by atoms with Gasteiger partial charge in [0, 0.05) is 38.7 Å². The van der Waals surface area contributed by atoms with Crippen molar-refractivity contribution in [2.75, 3.05) is 32.8 Å². The Morgan fingerprint density at radius 3 is 2.43 bits per heavy atom. The summed E-state index contributed by atoms with van der Waals surface area (Å²) in [7, 11) is 0. The normalized spacial score (nSPS) is 17.9. The van der Waals surface area contributed by atoms with Crippen molar-refractivity contribution < 1.29 is 14.7 Å². The predicted octanol–water partition coefficient (Wildman–Crippen LogP) is -0.0455. The first kappa shape index (κ1) is 17.9. The molecule has 2 amide bonds. The molecule has 0 aliphatic carbocycles. The molecule has 0 aromatic rings. The van der Waals surface area contributed by atoms with E-state index in [-0.39, 0.29) is 36.2 Å². The zero-order valence-corrected chi connectivity index (χ0v) is 13.2. The van der Waals surface area contributed by atoms with Gasteiger partial charge in [0.15, 0.2) is 0 Å². The van der Waals surface area contributed by atoms with Crippen molar-refractivity contribution in [3.8, 4) is 0 Å². The summed E-state index contributed by atoms with van der Waals surface area (Å²) >= 11 is 0. The number of amides is 2. The first-order valence-corrected chi connectivity index (χ1v) is 7.88. The van der Waals surface area contributed by atoms with Gasteiger partial charge in [0.2, 0.25) is 11.8 Å². The Morgan fingerprint density at radius 2 is 1.95 bits per heavy atom. The molecule has 0 bridgehead atoms. The third-order valence-corrected chi connectivity index (χ3v) is 4.19. The quantitative estimate of drug-likeness (QED) is 0.575. The van der Waals surface area contributed by atoms with Gasteiger partial charge in [0.1, 0.15) is 0 Å². The first-order chi connectivity index (χ1) is 10.0. The van der Waals surface area contributed by atoms with Gasteiger partial charge in [-0.1, -0.05) is 13.8 Å². The van der Waals surface area contributed by atoms with Crippen LogP contribution in [0.4, 0.5) is 0 Å². The number of rotatable bonds is 7. The number of hydrogen-bond acceptors (Lipinski definition) is 4. The number of nitrogens with two attached hydrogens (primary N) is 1. The van der Waals surface area contributed by atoms with Crippen LogP contribution in [0.2, 0.25) is 0 Å². The summed E-state index contributed by atoms with van der Waals surface area (Å²) in [6, 6.07) is 0. The smallest absolute Gasteiger partial charge is 0.227 e. The number of carbonyl (C=O) groups excluding carboxylic acids is 2. The average molecular weight is 299 g/mol. The number of piperidine rings is 1. The van der Waals surface area contributed by atoms with Gasteiger partial charge in [-0.05, 0) is 25.2 Å². The van der Waals surface area contributed by atoms with Crippen LogP contribution in [0.5, 0.6) is 0 Å². The second-order valence-electron chi connectivity index (χ2n) is 6.05. The molecule has 1 aliphatic rings. The van der Waals surface area contributed by atoms with E-state index in [4.69, 9.17) is 10.8 Å². The van der Waals surface area contributed by atoms with Gasteiger partial charge in [0.25, 0.3) is 0 Å². The fourth-order valence-corrected chi connectivity index (χ4v) is 2.69. The van der Waals surface area contributed by atoms with Crippen molar-refractivity contribution in [3.63, 3.8) is 0 Å². The lowest BCUT2D eigenvalue weighted by Crippen LogP contribution is -2.47. The number of hydrogen-bond donors (Lipinski definition) is 3. The van der Waals surface area contributed by atoms with Gasteiger partial charge < -0.3 is 21.1 Å². The lowest BCUT2D eigenvalue weighted by atomic mass is 9.91. The molecule has 1 fully saturated rings. The largest absolute Gasteiger partial charge is 0.396 e. The molecule has 0 saturated carbocycles. The van der Waals surface area contributed by atoms with Gasteiger partial charge in [-0.15, -0.1) is 0 Å². The summed E-state index contributed by atoms with van der Waals surface area (Å²) in [5.41, 5.74) is 5.69. The van der Waals surface area contributed by atoms with Crippen molar-refractivity contribution in [2.24, 2.45) is 23.5 Å². The number of nitrogens with zero attached hydrogens (tertiary/aromatic N) is 1. The van der Waals surface area contributed by atoms with E-state index in [2.05, 4.69) is 5.32 Å². The van der Waals surface area contributed by atoms with Crippen LogP contribution in [0.3, 0.4) is 0 Å². The van der Waals surface area contributed by atoms with Crippen molar-refractivity contribution in [3.05, 3.63) is 0 Å². The predicted molar refractivity (Wildman–Crippen MR) is 81.4 cm³/mol. The second kappa shape index (κ2) is 9.00. The average Bonchev–Trinajstić information content (AvgIpc) is 2.47. The molecule has 1 aliphatic heterocycles. The molecule has 1 heterocycles. The highest BCUT2D eigenvalue weighted by molar-refractivity contribution is 5.81. The van der Waals surface area contributed by atoms with Crippen LogP contribution in [-0.4, -0.2) is 54.6 Å². The Labute approximate surface area is 127 Å². The second-order valence-corrected chi connectivity index (χ2v) is 6.05. The summed E-state index contributed by atoms with van der Waals surface area (Å²) in [6.45, 7) is 6.24. The van der Waals surface area contributed by atoms with E-state index in [1.807, 2.05) is 18.7 Å². The maximum Gasteiger partial charge on any atom is 0.227 e. The fourth-order valence-electron chi connectivity index (χ4n) is 2.69. The monoisotopic (exact) mass is 299 g/mol. The first-order valence-electron chi connectivity index (χ1n) is 7.88. The van der Waals surface area contributed by atoms with E-state index < -0.39 is 0 Å². The molecule has 4 N–H and O–H groups in total. The number of aliphatic hydroxyl groups excluding tert-OH is 1. The molecule has 1 unspecified atom stereocenters. The summed E-state index contributed by atoms with van der Waals surface area (Å²) in [5.74, 6) is 0.242. The zero-order valence-electron chi connectivity index (χ0n) is 13.2. The fraction of sp³-hybridized carbons (Fsp3) is 0.867. The van der Waals surface area contributed by atoms with E-state index in [0.717, 1.165) is 0 Å². The molecule has 0 aromatic carbocycles. The van der Waals surface area contributed by atoms with Crippen LogP contribution >= 0.6 is 0 Å². The summed E-state index contributed by atoms with van der Waals surface area (Å²) < 4.78 is 0. The van der Waals surface area contributed by atoms with Gasteiger partial charge in [0.05, 0.1) is 5.92 Å². The Bertz CT molecular complexity index is 339. The third kappa shape index (κ3) is 5.28. The van der Waals surface area contributed by atoms with E-state index in [1.54, 1.807) is 0 Å². The highest BCUT2D eigenvalue weighted by Crippen LogP contribution is 2.21.